The van der Waals surface area contributed by atoms with Crippen LogP contribution in [0.2, 0.25) is 0 Å². The van der Waals surface area contributed by atoms with Crippen LogP contribution < -0.4 is 0 Å². The van der Waals surface area contributed by atoms with Crippen molar-refractivity contribution in [1.29, 1.82) is 0 Å². The molecule has 2 heterocycles. The van der Waals surface area contributed by atoms with Crippen LogP contribution in [0.3, 0.4) is 0 Å². The molecule has 3 N–H and O–H groups in total. The van der Waals surface area contributed by atoms with Gasteiger partial charge in [-0.1, -0.05) is 52.8 Å². The number of nitrogens with zero attached hydrogens (tertiary/aromatic N) is 2. The van der Waals surface area contributed by atoms with Gasteiger partial charge in [0.05, 0.1) is 12.7 Å². The second-order valence-electron chi connectivity index (χ2n) is 10.8. The standard InChI is InChI=1S/C18H35NO2.C9H7NO.H2O4S/c1-6-12-19(7-2)13-16-14-20-18(21-16)10-8-15(9-11-18)17(3,4)5;11-8-5-1-3-7-4-2-6-10-9(7)8;1-5(2,3)4/h15-16H,6-14H2,1-5H3;1-6,11H;(H2,1,2,3,4). The highest BCUT2D eigenvalue weighted by Gasteiger charge is 2.46. The zero-order valence-electron chi connectivity index (χ0n) is 22.8. The number of fused-ring (bicyclic) bond motifs is 1. The van der Waals surface area contributed by atoms with Crippen LogP contribution in [-0.4, -0.2) is 70.6 Å². The molecule has 4 rings (SSSR count). The maximum Gasteiger partial charge on any atom is 0.394 e. The molecule has 9 nitrogen and oxygen atoms in total. The van der Waals surface area contributed by atoms with E-state index in [1.165, 1.54) is 19.3 Å². The van der Waals surface area contributed by atoms with Gasteiger partial charge in [0.2, 0.25) is 0 Å². The summed E-state index contributed by atoms with van der Waals surface area (Å²) < 4.78 is 44.1. The molecule has 2 aliphatic rings. The maximum absolute atomic E-state index is 9.31. The van der Waals surface area contributed by atoms with Crippen molar-refractivity contribution in [1.82, 2.24) is 9.88 Å². The molecule has 210 valence electrons. The monoisotopic (exact) mass is 540 g/mol. The molecule has 10 heteroatoms. The molecule has 1 spiro atoms. The molecule has 37 heavy (non-hydrogen) atoms. The third kappa shape index (κ3) is 10.8. The number of benzene rings is 1. The quantitative estimate of drug-likeness (QED) is 0.429. The molecule has 1 aliphatic heterocycles. The van der Waals surface area contributed by atoms with E-state index in [1.807, 2.05) is 18.2 Å². The minimum Gasteiger partial charge on any atom is -0.506 e. The van der Waals surface area contributed by atoms with E-state index in [1.54, 1.807) is 18.3 Å². The van der Waals surface area contributed by atoms with Gasteiger partial charge in [-0.3, -0.25) is 14.1 Å². The Balaban J connectivity index is 0.000000248. The average molecular weight is 541 g/mol. The summed E-state index contributed by atoms with van der Waals surface area (Å²) in [4.78, 5) is 6.51. The number of likely N-dealkylation sites (N-methyl/N-ethyl adjacent to an activating group) is 1. The number of para-hydroxylation sites is 1. The molecular weight excluding hydrogens is 496 g/mol. The van der Waals surface area contributed by atoms with Gasteiger partial charge in [-0.2, -0.15) is 8.42 Å². The molecule has 2 aromatic rings. The Kier molecular flexibility index (Phi) is 11.7. The van der Waals surface area contributed by atoms with E-state index in [9.17, 15) is 5.11 Å². The zero-order chi connectivity index (χ0) is 27.7. The Morgan fingerprint density at radius 2 is 1.73 bits per heavy atom. The van der Waals surface area contributed by atoms with Crippen LogP contribution in [0.15, 0.2) is 36.5 Å². The maximum atomic E-state index is 9.31. The van der Waals surface area contributed by atoms with E-state index in [-0.39, 0.29) is 17.6 Å². The largest absolute Gasteiger partial charge is 0.506 e. The van der Waals surface area contributed by atoms with Crippen molar-refractivity contribution in [3.63, 3.8) is 0 Å². The molecule has 1 saturated heterocycles. The number of aromatic nitrogens is 1. The predicted octanol–water partition coefficient (Wildman–Crippen LogP) is 5.35. The molecule has 1 aliphatic carbocycles. The van der Waals surface area contributed by atoms with Crippen LogP contribution in [0.1, 0.15) is 66.7 Å². The number of hydrogen-bond donors (Lipinski definition) is 3. The normalized spacial score (nSPS) is 23.9. The lowest BCUT2D eigenvalue weighted by atomic mass is 9.71. The first kappa shape index (κ1) is 31.4. The molecule has 1 atom stereocenters. The SMILES string of the molecule is CCCN(CC)CC1COC2(CCC(C(C)(C)C)CC2)O1.O=S(=O)(O)O.Oc1cccc2cccnc12. The third-order valence-electron chi connectivity index (χ3n) is 6.95. The summed E-state index contributed by atoms with van der Waals surface area (Å²) in [6.45, 7) is 15.6. The number of hydrogen-bond acceptors (Lipinski definition) is 7. The number of rotatable bonds is 5. The Morgan fingerprint density at radius 3 is 2.27 bits per heavy atom. The Hall–Kier alpha value is -1.82. The van der Waals surface area contributed by atoms with Gasteiger partial charge in [-0.05, 0) is 55.8 Å². The fourth-order valence-electron chi connectivity index (χ4n) is 4.96. The highest BCUT2D eigenvalue weighted by atomic mass is 32.3. The van der Waals surface area contributed by atoms with Gasteiger partial charge in [0.15, 0.2) is 5.79 Å². The summed E-state index contributed by atoms with van der Waals surface area (Å²) in [5, 5.41) is 10.3. The van der Waals surface area contributed by atoms with E-state index in [0.29, 0.717) is 10.9 Å². The van der Waals surface area contributed by atoms with E-state index in [2.05, 4.69) is 44.5 Å². The highest BCUT2D eigenvalue weighted by Crippen LogP contribution is 2.45. The van der Waals surface area contributed by atoms with E-state index >= 15 is 0 Å². The summed E-state index contributed by atoms with van der Waals surface area (Å²) in [5.74, 6) is 0.794. The summed E-state index contributed by atoms with van der Waals surface area (Å²) >= 11 is 0. The van der Waals surface area contributed by atoms with Gasteiger partial charge < -0.3 is 19.5 Å². The van der Waals surface area contributed by atoms with Crippen molar-refractivity contribution < 1.29 is 32.1 Å². The molecule has 1 unspecified atom stereocenters. The Labute approximate surface area is 221 Å². The average Bonchev–Trinajstić information content (AvgIpc) is 3.20. The molecule has 1 aromatic heterocycles. The van der Waals surface area contributed by atoms with Gasteiger partial charge in [-0.25, -0.2) is 0 Å². The molecule has 0 bridgehead atoms. The van der Waals surface area contributed by atoms with Crippen LogP contribution in [0.5, 0.6) is 5.75 Å². The third-order valence-corrected chi connectivity index (χ3v) is 6.95. The van der Waals surface area contributed by atoms with Crippen molar-refractivity contribution >= 4 is 21.3 Å². The second kappa shape index (κ2) is 13.8. The van der Waals surface area contributed by atoms with Crippen LogP contribution in [0, 0.1) is 11.3 Å². The number of aromatic hydroxyl groups is 1. The molecule has 1 aromatic carbocycles. The van der Waals surface area contributed by atoms with Crippen molar-refractivity contribution in [3.8, 4) is 5.75 Å². The summed E-state index contributed by atoms with van der Waals surface area (Å²) in [6.07, 6.45) is 7.77. The number of phenolic OH excluding ortho intramolecular Hbond substituents is 1. The lowest BCUT2D eigenvalue weighted by Gasteiger charge is -2.41. The van der Waals surface area contributed by atoms with Gasteiger partial charge >= 0.3 is 10.4 Å². The summed E-state index contributed by atoms with van der Waals surface area (Å²) in [5.41, 5.74) is 1.08. The summed E-state index contributed by atoms with van der Waals surface area (Å²) in [7, 11) is -4.67. The van der Waals surface area contributed by atoms with E-state index in [4.69, 9.17) is 27.0 Å². The fourth-order valence-corrected chi connectivity index (χ4v) is 4.96. The predicted molar refractivity (Wildman–Crippen MR) is 145 cm³/mol. The first-order valence-electron chi connectivity index (χ1n) is 13.0. The first-order valence-corrected chi connectivity index (χ1v) is 14.4. The second-order valence-corrected chi connectivity index (χ2v) is 11.7. The van der Waals surface area contributed by atoms with Gasteiger partial charge in [0.1, 0.15) is 11.3 Å². The van der Waals surface area contributed by atoms with Crippen molar-refractivity contribution in [2.24, 2.45) is 11.3 Å². The Bertz CT molecular complexity index is 1050. The molecule has 0 radical (unpaired) electrons. The topological polar surface area (TPSA) is 129 Å². The number of pyridine rings is 1. The van der Waals surface area contributed by atoms with E-state index in [0.717, 1.165) is 50.4 Å². The van der Waals surface area contributed by atoms with Crippen LogP contribution in [-0.2, 0) is 19.9 Å². The van der Waals surface area contributed by atoms with Crippen LogP contribution in [0.4, 0.5) is 0 Å². The Morgan fingerprint density at radius 1 is 1.11 bits per heavy atom. The number of ether oxygens (including phenoxy) is 2. The first-order chi connectivity index (χ1) is 17.3. The minimum absolute atomic E-state index is 0.239. The van der Waals surface area contributed by atoms with E-state index < -0.39 is 10.4 Å². The fraction of sp³-hybridized carbons (Fsp3) is 0.667. The lowest BCUT2D eigenvalue weighted by Crippen LogP contribution is -2.40. The van der Waals surface area contributed by atoms with Crippen molar-refractivity contribution in [3.05, 3.63) is 36.5 Å². The smallest absolute Gasteiger partial charge is 0.394 e. The van der Waals surface area contributed by atoms with Gasteiger partial charge in [-0.15, -0.1) is 0 Å². The van der Waals surface area contributed by atoms with Gasteiger partial charge in [0.25, 0.3) is 0 Å². The summed E-state index contributed by atoms with van der Waals surface area (Å²) in [6, 6.07) is 9.13. The highest BCUT2D eigenvalue weighted by molar-refractivity contribution is 7.79. The van der Waals surface area contributed by atoms with Crippen LogP contribution in [0.25, 0.3) is 10.9 Å². The number of phenols is 1. The van der Waals surface area contributed by atoms with Gasteiger partial charge in [0, 0.05) is 31.0 Å². The molecule has 2 fully saturated rings. The van der Waals surface area contributed by atoms with Crippen molar-refractivity contribution in [2.75, 3.05) is 26.2 Å². The minimum atomic E-state index is -4.67. The molecule has 0 amide bonds. The van der Waals surface area contributed by atoms with Crippen molar-refractivity contribution in [2.45, 2.75) is 78.6 Å². The molecular formula is C27H44N2O7S. The lowest BCUT2D eigenvalue weighted by molar-refractivity contribution is -0.197. The zero-order valence-corrected chi connectivity index (χ0v) is 23.6. The van der Waals surface area contributed by atoms with Crippen LogP contribution >= 0.6 is 0 Å². The molecule has 1 saturated carbocycles.